The molecule has 5 heteroatoms. The first kappa shape index (κ1) is 11.0. The minimum atomic E-state index is -0.904. The average Bonchev–Trinajstić information content (AvgIpc) is 2.84. The number of benzene rings is 3. The van der Waals surface area contributed by atoms with Crippen molar-refractivity contribution in [1.29, 1.82) is 0 Å². The van der Waals surface area contributed by atoms with Gasteiger partial charge in [-0.15, -0.1) is 0 Å². The maximum atomic E-state index is 12.6. The Morgan fingerprint density at radius 3 is 2.30 bits per heavy atom. The molecule has 1 N–H and O–H groups in total. The molecule has 0 aromatic heterocycles. The summed E-state index contributed by atoms with van der Waals surface area (Å²) >= 11 is 0. The van der Waals surface area contributed by atoms with Gasteiger partial charge in [0.25, 0.3) is 0 Å². The van der Waals surface area contributed by atoms with Gasteiger partial charge in [0.2, 0.25) is 5.78 Å². The van der Waals surface area contributed by atoms with E-state index in [-0.39, 0.29) is 16.8 Å². The van der Waals surface area contributed by atoms with Crippen LogP contribution >= 0.6 is 0 Å². The number of rotatable bonds is 4. The first-order chi connectivity index (χ1) is 15.8. The van der Waals surface area contributed by atoms with Crippen LogP contribution in [0.1, 0.15) is 19.4 Å². The Balaban J connectivity index is 1.65. The molecule has 0 bridgehead atoms. The van der Waals surface area contributed by atoms with Crippen molar-refractivity contribution >= 4 is 34.6 Å². The fraction of sp³-hybridized carbons (Fsp3) is 0. The van der Waals surface area contributed by atoms with E-state index in [1.807, 2.05) is 30.3 Å². The molecule has 27 heavy (non-hydrogen) atoms. The molecule has 0 amide bonds. The summed E-state index contributed by atoms with van der Waals surface area (Å²) in [5.41, 5.74) is 3.67. The lowest BCUT2D eigenvalue weighted by molar-refractivity contribution is -0.108. The number of hydrazone groups is 1. The smallest absolute Gasteiger partial charge is 0.206 e. The van der Waals surface area contributed by atoms with Gasteiger partial charge < -0.3 is 0 Å². The zero-order chi connectivity index (χ0) is 23.7. The number of fused-ring (bicyclic) bond motifs is 1. The highest BCUT2D eigenvalue weighted by Gasteiger charge is 2.18. The molecule has 3 aromatic carbocycles. The summed E-state index contributed by atoms with van der Waals surface area (Å²) in [6, 6.07) is 12.5. The van der Waals surface area contributed by atoms with E-state index in [4.69, 9.17) is 8.22 Å². The van der Waals surface area contributed by atoms with Crippen molar-refractivity contribution in [3.05, 3.63) is 95.9 Å². The van der Waals surface area contributed by atoms with Crippen molar-refractivity contribution in [2.45, 2.75) is 0 Å². The minimum Gasteiger partial charge on any atom is -0.287 e. The normalized spacial score (nSPS) is 18.4. The number of carbonyl (C=O) groups is 1. The van der Waals surface area contributed by atoms with Crippen molar-refractivity contribution in [1.82, 2.24) is 0 Å². The van der Waals surface area contributed by atoms with Crippen LogP contribution in [0.3, 0.4) is 0 Å². The second kappa shape index (κ2) is 7.58. The van der Waals surface area contributed by atoms with Crippen molar-refractivity contribution in [2.75, 3.05) is 5.43 Å². The van der Waals surface area contributed by atoms with Crippen LogP contribution in [0.25, 0.3) is 6.05 Å². The Morgan fingerprint density at radius 1 is 0.815 bits per heavy atom. The van der Waals surface area contributed by atoms with Crippen LogP contribution in [0.15, 0.2) is 100 Å². The first-order valence-electron chi connectivity index (χ1n) is 11.0. The molecule has 130 valence electrons. The van der Waals surface area contributed by atoms with E-state index < -0.39 is 42.1 Å². The summed E-state index contributed by atoms with van der Waals surface area (Å²) in [4.78, 5) is 12.6. The Hall–Kier alpha value is -3.86. The van der Waals surface area contributed by atoms with Crippen LogP contribution in [0.2, 0.25) is 0 Å². The monoisotopic (exact) mass is 358 g/mol. The molecule has 0 heterocycles. The summed E-state index contributed by atoms with van der Waals surface area (Å²) in [6.45, 7) is 0. The van der Waals surface area contributed by atoms with Gasteiger partial charge in [0.15, 0.2) is 0 Å². The lowest BCUT2D eigenvalue weighted by atomic mass is 9.95. The van der Waals surface area contributed by atoms with Gasteiger partial charge in [0, 0.05) is 5.56 Å². The van der Waals surface area contributed by atoms with E-state index in [1.54, 1.807) is 24.3 Å². The topological polar surface area (TPSA) is 66.2 Å². The molecule has 0 saturated carbocycles. The number of azo groups is 1. The highest BCUT2D eigenvalue weighted by Crippen LogP contribution is 2.21. The van der Waals surface area contributed by atoms with E-state index >= 15 is 0 Å². The van der Waals surface area contributed by atoms with Gasteiger partial charge >= 0.3 is 0 Å². The largest absolute Gasteiger partial charge is 0.287 e. The van der Waals surface area contributed by atoms with Crippen LogP contribution in [0.4, 0.5) is 17.1 Å². The van der Waals surface area contributed by atoms with Gasteiger partial charge in [0.05, 0.1) is 25.3 Å². The number of allylic oxidation sites excluding steroid dienone is 1. The van der Waals surface area contributed by atoms with E-state index in [0.29, 0.717) is 17.1 Å². The maximum Gasteiger partial charge on any atom is 0.206 e. The SMILES string of the molecule is [2H]C1=C([2H])c2c([2H])c([2H])c([2H])c([2H])c2C(=NNc2ccc(N=Nc3ccccc3)cc2)C1=O. The predicted molar refractivity (Wildman–Crippen MR) is 108 cm³/mol. The number of anilines is 1. The fourth-order valence-electron chi connectivity index (χ4n) is 2.32. The molecule has 5 nitrogen and oxygen atoms in total. The number of hydrogen-bond acceptors (Lipinski definition) is 5. The van der Waals surface area contributed by atoms with Gasteiger partial charge in [0.1, 0.15) is 5.71 Å². The van der Waals surface area contributed by atoms with Crippen molar-refractivity contribution in [3.63, 3.8) is 0 Å². The second-order valence-corrected chi connectivity index (χ2v) is 5.48. The standard InChI is InChI=1S/C22H16N4O/c27-21-15-10-16-6-4-5-9-20(16)22(21)26-25-19-13-11-18(12-14-19)24-23-17-7-2-1-3-8-17/h1-15,25H/i4D,5D,6D,9D,10D,15D. The third-order valence-electron chi connectivity index (χ3n) is 3.64. The Kier molecular flexibility index (Phi) is 3.08. The van der Waals surface area contributed by atoms with E-state index in [2.05, 4.69) is 20.8 Å². The summed E-state index contributed by atoms with van der Waals surface area (Å²) in [7, 11) is 0. The van der Waals surface area contributed by atoms with Crippen molar-refractivity contribution in [3.8, 4) is 0 Å². The Morgan fingerprint density at radius 2 is 1.52 bits per heavy atom. The summed E-state index contributed by atoms with van der Waals surface area (Å²) in [5, 5.41) is 12.3. The minimum absolute atomic E-state index is 0.201. The third-order valence-corrected chi connectivity index (χ3v) is 3.64. The summed E-state index contributed by atoms with van der Waals surface area (Å²) < 4.78 is 47.9. The molecule has 4 rings (SSSR count). The lowest BCUT2D eigenvalue weighted by Crippen LogP contribution is -2.19. The third kappa shape index (κ3) is 3.88. The fourth-order valence-corrected chi connectivity index (χ4v) is 2.32. The number of ketones is 1. The first-order valence-corrected chi connectivity index (χ1v) is 8.03. The molecule has 1 aliphatic carbocycles. The van der Waals surface area contributed by atoms with Crippen LogP contribution in [0, 0.1) is 0 Å². The van der Waals surface area contributed by atoms with E-state index in [9.17, 15) is 4.79 Å². The molecule has 0 unspecified atom stereocenters. The molecule has 0 aliphatic heterocycles. The van der Waals surface area contributed by atoms with E-state index in [0.717, 1.165) is 0 Å². The maximum absolute atomic E-state index is 12.6. The highest BCUT2D eigenvalue weighted by molar-refractivity contribution is 6.52. The van der Waals surface area contributed by atoms with Crippen LogP contribution in [-0.2, 0) is 4.79 Å². The van der Waals surface area contributed by atoms with E-state index in [1.165, 1.54) is 0 Å². The molecular weight excluding hydrogens is 336 g/mol. The number of hydrogen-bond donors (Lipinski definition) is 1. The quantitative estimate of drug-likeness (QED) is 0.493. The molecule has 3 aromatic rings. The Labute approximate surface area is 165 Å². The van der Waals surface area contributed by atoms with Gasteiger partial charge in [-0.1, -0.05) is 48.4 Å². The lowest BCUT2D eigenvalue weighted by Gasteiger charge is -2.12. The molecule has 0 spiro atoms. The zero-order valence-corrected chi connectivity index (χ0v) is 13.9. The molecule has 0 saturated heterocycles. The molecular formula is C22H16N4O. The van der Waals surface area contributed by atoms with Crippen molar-refractivity contribution < 1.29 is 13.0 Å². The number of nitrogens with zero attached hydrogens (tertiary/aromatic N) is 3. The average molecular weight is 358 g/mol. The van der Waals surface area contributed by atoms with Crippen LogP contribution < -0.4 is 5.43 Å². The predicted octanol–water partition coefficient (Wildman–Crippen LogP) is 5.51. The van der Waals surface area contributed by atoms with Crippen LogP contribution in [0.5, 0.6) is 0 Å². The molecule has 0 fully saturated rings. The zero-order valence-electron chi connectivity index (χ0n) is 19.9. The second-order valence-electron chi connectivity index (χ2n) is 5.48. The molecule has 1 aliphatic rings. The van der Waals surface area contributed by atoms with Crippen molar-refractivity contribution in [2.24, 2.45) is 15.3 Å². The molecule has 0 atom stereocenters. The summed E-state index contributed by atoms with van der Waals surface area (Å²) in [6.07, 6.45) is 0. The van der Waals surface area contributed by atoms with Gasteiger partial charge in [-0.25, -0.2) is 0 Å². The van der Waals surface area contributed by atoms with Gasteiger partial charge in [-0.05, 0) is 48.0 Å². The Bertz CT molecular complexity index is 1350. The number of nitrogens with one attached hydrogen (secondary N) is 1. The van der Waals surface area contributed by atoms with Gasteiger partial charge in [-0.2, -0.15) is 15.3 Å². The van der Waals surface area contributed by atoms with Gasteiger partial charge in [-0.3, -0.25) is 10.2 Å². The molecule has 0 radical (unpaired) electrons. The summed E-state index contributed by atoms with van der Waals surface area (Å²) in [5.74, 6) is -0.904. The number of carbonyl (C=O) groups excluding carboxylic acids is 1. The van der Waals surface area contributed by atoms with Crippen LogP contribution in [-0.4, -0.2) is 11.5 Å². The highest BCUT2D eigenvalue weighted by atomic mass is 16.1.